The second-order valence-corrected chi connectivity index (χ2v) is 6.66. The Morgan fingerprint density at radius 2 is 2.10 bits per heavy atom. The summed E-state index contributed by atoms with van der Waals surface area (Å²) in [4.78, 5) is 34.4. The molecule has 0 saturated carbocycles. The van der Waals surface area contributed by atoms with Crippen LogP contribution in [0.3, 0.4) is 0 Å². The van der Waals surface area contributed by atoms with Gasteiger partial charge in [-0.1, -0.05) is 20.8 Å². The molecular weight excluding hydrogens is 274 g/mol. The minimum Gasteiger partial charge on any atom is -0.481 e. The molecule has 0 aliphatic carbocycles. The summed E-state index contributed by atoms with van der Waals surface area (Å²) in [6, 6.07) is -1.50. The molecule has 1 saturated heterocycles. The zero-order chi connectivity index (χ0) is 16.0. The van der Waals surface area contributed by atoms with Crippen molar-refractivity contribution >= 4 is 17.9 Å². The lowest BCUT2D eigenvalue weighted by atomic mass is 9.87. The number of rotatable bonds is 5. The van der Waals surface area contributed by atoms with Gasteiger partial charge >= 0.3 is 12.0 Å². The molecule has 1 heterocycles. The van der Waals surface area contributed by atoms with Crippen LogP contribution in [0.25, 0.3) is 0 Å². The van der Waals surface area contributed by atoms with Crippen molar-refractivity contribution in [3.05, 3.63) is 0 Å². The largest absolute Gasteiger partial charge is 0.481 e. The molecule has 7 heteroatoms. The Hall–Kier alpha value is -1.79. The predicted molar refractivity (Wildman–Crippen MR) is 77.8 cm³/mol. The first-order valence-electron chi connectivity index (χ1n) is 7.24. The Morgan fingerprint density at radius 3 is 2.62 bits per heavy atom. The number of amides is 3. The van der Waals surface area contributed by atoms with E-state index in [0.29, 0.717) is 19.4 Å². The monoisotopic (exact) mass is 299 g/mol. The van der Waals surface area contributed by atoms with Crippen LogP contribution < -0.4 is 16.0 Å². The molecule has 21 heavy (non-hydrogen) atoms. The molecule has 2 atom stereocenters. The van der Waals surface area contributed by atoms with Crippen molar-refractivity contribution in [3.8, 4) is 0 Å². The zero-order valence-corrected chi connectivity index (χ0v) is 12.9. The van der Waals surface area contributed by atoms with Crippen molar-refractivity contribution in [1.29, 1.82) is 0 Å². The van der Waals surface area contributed by atoms with Crippen molar-refractivity contribution in [3.63, 3.8) is 0 Å². The number of piperidine rings is 1. The molecule has 3 amide bonds. The van der Waals surface area contributed by atoms with Gasteiger partial charge in [0, 0.05) is 12.6 Å². The van der Waals surface area contributed by atoms with Gasteiger partial charge in [0.25, 0.3) is 0 Å². The van der Waals surface area contributed by atoms with Crippen molar-refractivity contribution in [2.24, 2.45) is 5.41 Å². The molecule has 2 unspecified atom stereocenters. The Balaban J connectivity index is 2.54. The van der Waals surface area contributed by atoms with Gasteiger partial charge in [-0.05, 0) is 24.7 Å². The summed E-state index contributed by atoms with van der Waals surface area (Å²) in [7, 11) is 0. The summed E-state index contributed by atoms with van der Waals surface area (Å²) in [6.45, 7) is 6.58. The van der Waals surface area contributed by atoms with Crippen LogP contribution in [-0.4, -0.2) is 41.6 Å². The quantitative estimate of drug-likeness (QED) is 0.603. The molecule has 1 aliphatic heterocycles. The van der Waals surface area contributed by atoms with E-state index < -0.39 is 24.1 Å². The number of urea groups is 1. The van der Waals surface area contributed by atoms with Crippen molar-refractivity contribution < 1.29 is 19.5 Å². The van der Waals surface area contributed by atoms with Gasteiger partial charge < -0.3 is 21.1 Å². The number of carboxylic acids is 1. The fraction of sp³-hybridized carbons (Fsp3) is 0.786. The Kier molecular flexibility index (Phi) is 5.99. The summed E-state index contributed by atoms with van der Waals surface area (Å²) in [5, 5.41) is 16.9. The van der Waals surface area contributed by atoms with Crippen LogP contribution in [0.15, 0.2) is 0 Å². The average molecular weight is 299 g/mol. The highest BCUT2D eigenvalue weighted by Crippen LogP contribution is 2.22. The fourth-order valence-corrected chi connectivity index (χ4v) is 2.42. The molecule has 0 bridgehead atoms. The van der Waals surface area contributed by atoms with E-state index >= 15 is 0 Å². The first kappa shape index (κ1) is 17.3. The predicted octanol–water partition coefficient (Wildman–Crippen LogP) is 0.844. The lowest BCUT2D eigenvalue weighted by Crippen LogP contribution is -2.54. The zero-order valence-electron chi connectivity index (χ0n) is 12.9. The molecule has 0 spiro atoms. The Labute approximate surface area is 124 Å². The molecule has 0 aromatic carbocycles. The van der Waals surface area contributed by atoms with Gasteiger partial charge in [0.1, 0.15) is 6.04 Å². The third-order valence-electron chi connectivity index (χ3n) is 3.21. The molecule has 0 radical (unpaired) electrons. The van der Waals surface area contributed by atoms with Gasteiger partial charge in [-0.15, -0.1) is 0 Å². The minimum atomic E-state index is -0.958. The Bertz CT molecular complexity index is 404. The van der Waals surface area contributed by atoms with Crippen molar-refractivity contribution in [2.75, 3.05) is 6.54 Å². The summed E-state index contributed by atoms with van der Waals surface area (Å²) in [6.07, 6.45) is 1.82. The van der Waals surface area contributed by atoms with Crippen LogP contribution in [0.1, 0.15) is 46.5 Å². The smallest absolute Gasteiger partial charge is 0.315 e. The third kappa shape index (κ3) is 6.97. The van der Waals surface area contributed by atoms with Crippen molar-refractivity contribution in [1.82, 2.24) is 16.0 Å². The molecule has 1 fully saturated rings. The second-order valence-electron chi connectivity index (χ2n) is 6.66. The number of carbonyl (C=O) groups is 3. The molecule has 4 N–H and O–H groups in total. The van der Waals surface area contributed by atoms with E-state index in [0.717, 1.165) is 6.42 Å². The van der Waals surface area contributed by atoms with Gasteiger partial charge in [0.2, 0.25) is 5.91 Å². The van der Waals surface area contributed by atoms with Crippen LogP contribution in [0, 0.1) is 5.41 Å². The number of carboxylic acid groups (broad SMARTS) is 1. The van der Waals surface area contributed by atoms with E-state index in [2.05, 4.69) is 16.0 Å². The van der Waals surface area contributed by atoms with E-state index in [1.54, 1.807) is 0 Å². The first-order chi connectivity index (χ1) is 9.67. The number of hydrogen-bond donors (Lipinski definition) is 4. The van der Waals surface area contributed by atoms with E-state index in [1.807, 2.05) is 20.8 Å². The van der Waals surface area contributed by atoms with Crippen LogP contribution >= 0.6 is 0 Å². The van der Waals surface area contributed by atoms with Crippen LogP contribution in [0.5, 0.6) is 0 Å². The summed E-state index contributed by atoms with van der Waals surface area (Å²) < 4.78 is 0. The molecular formula is C14H25N3O4. The lowest BCUT2D eigenvalue weighted by molar-refractivity contribution is -0.137. The second kappa shape index (κ2) is 7.28. The number of nitrogens with one attached hydrogen (secondary N) is 3. The van der Waals surface area contributed by atoms with Gasteiger partial charge in [-0.2, -0.15) is 0 Å². The van der Waals surface area contributed by atoms with Crippen molar-refractivity contribution in [2.45, 2.75) is 58.5 Å². The number of hydrogen-bond acceptors (Lipinski definition) is 3. The molecule has 0 aromatic heterocycles. The van der Waals surface area contributed by atoms with Gasteiger partial charge in [-0.3, -0.25) is 9.59 Å². The van der Waals surface area contributed by atoms with E-state index in [4.69, 9.17) is 5.11 Å². The maximum absolute atomic E-state index is 11.9. The van der Waals surface area contributed by atoms with E-state index in [1.165, 1.54) is 0 Å². The summed E-state index contributed by atoms with van der Waals surface area (Å²) in [5.41, 5.74) is -0.102. The van der Waals surface area contributed by atoms with Gasteiger partial charge in [0.15, 0.2) is 0 Å². The van der Waals surface area contributed by atoms with Gasteiger partial charge in [0.05, 0.1) is 6.42 Å². The Morgan fingerprint density at radius 1 is 1.43 bits per heavy atom. The number of carbonyl (C=O) groups excluding carboxylic acids is 2. The van der Waals surface area contributed by atoms with Crippen LogP contribution in [0.4, 0.5) is 4.79 Å². The number of aliphatic carboxylic acids is 1. The third-order valence-corrected chi connectivity index (χ3v) is 3.21. The molecule has 7 nitrogen and oxygen atoms in total. The van der Waals surface area contributed by atoms with Crippen LogP contribution in [0.2, 0.25) is 0 Å². The van der Waals surface area contributed by atoms with E-state index in [-0.39, 0.29) is 17.7 Å². The maximum Gasteiger partial charge on any atom is 0.315 e. The summed E-state index contributed by atoms with van der Waals surface area (Å²) in [5.74, 6) is -1.15. The fourth-order valence-electron chi connectivity index (χ4n) is 2.42. The summed E-state index contributed by atoms with van der Waals surface area (Å²) >= 11 is 0. The van der Waals surface area contributed by atoms with E-state index in [9.17, 15) is 14.4 Å². The lowest BCUT2D eigenvalue weighted by Gasteiger charge is -2.27. The maximum atomic E-state index is 11.9. The molecule has 120 valence electrons. The molecule has 1 aliphatic rings. The highest BCUT2D eigenvalue weighted by molar-refractivity contribution is 5.87. The molecule has 1 rings (SSSR count). The highest BCUT2D eigenvalue weighted by atomic mass is 16.4. The standard InChI is InChI=1S/C14H25N3O4/c1-14(2,3)8-9(7-11(18)19)16-13(21)17-10-5-4-6-15-12(10)20/h9-10H,4-8H2,1-3H3,(H,15,20)(H,18,19)(H2,16,17,21). The SMILES string of the molecule is CC(C)(C)CC(CC(=O)O)NC(=O)NC1CCCNC1=O. The molecule has 0 aromatic rings. The highest BCUT2D eigenvalue weighted by Gasteiger charge is 2.26. The van der Waals surface area contributed by atoms with Gasteiger partial charge in [-0.25, -0.2) is 4.79 Å². The van der Waals surface area contributed by atoms with Crippen LogP contribution in [-0.2, 0) is 9.59 Å². The normalized spacial score (nSPS) is 20.3. The average Bonchev–Trinajstić information content (AvgIpc) is 2.28. The topological polar surface area (TPSA) is 108 Å². The first-order valence-corrected chi connectivity index (χ1v) is 7.24. The minimum absolute atomic E-state index is 0.102.